The first-order valence-corrected chi connectivity index (χ1v) is 12.0. The van der Waals surface area contributed by atoms with E-state index < -0.39 is 16.0 Å². The molecule has 158 valence electrons. The van der Waals surface area contributed by atoms with Crippen LogP contribution in [0.25, 0.3) is 0 Å². The maximum atomic E-state index is 12.8. The summed E-state index contributed by atoms with van der Waals surface area (Å²) < 4.78 is 28.6. The van der Waals surface area contributed by atoms with E-state index in [1.165, 1.54) is 6.42 Å². The first kappa shape index (κ1) is 21.8. The molecule has 0 aliphatic heterocycles. The van der Waals surface area contributed by atoms with Gasteiger partial charge in [0, 0.05) is 12.5 Å². The lowest BCUT2D eigenvalue weighted by atomic mass is 9.62. The smallest absolute Gasteiger partial charge is 0.303 e. The number of carboxylic acids is 1. The molecule has 3 fully saturated rings. The number of allylic oxidation sites excluding steroid dienone is 4. The number of carboxylic acid groups (broad SMARTS) is 1. The lowest BCUT2D eigenvalue weighted by molar-refractivity contribution is -0.137. The maximum Gasteiger partial charge on any atom is 0.303 e. The van der Waals surface area contributed by atoms with Crippen LogP contribution in [0.2, 0.25) is 0 Å². The number of benzene rings is 1. The van der Waals surface area contributed by atoms with Gasteiger partial charge < -0.3 is 5.11 Å². The van der Waals surface area contributed by atoms with Gasteiger partial charge in [-0.15, -0.1) is 0 Å². The van der Waals surface area contributed by atoms with E-state index in [0.29, 0.717) is 29.1 Å². The molecule has 0 aromatic heterocycles. The molecule has 0 amide bonds. The van der Waals surface area contributed by atoms with Crippen molar-refractivity contribution in [3.05, 3.63) is 54.1 Å². The van der Waals surface area contributed by atoms with Gasteiger partial charge in [0.25, 0.3) is 0 Å². The fourth-order valence-electron chi connectivity index (χ4n) is 4.66. The monoisotopic (exact) mass is 417 g/mol. The van der Waals surface area contributed by atoms with Gasteiger partial charge in [-0.25, -0.2) is 13.1 Å². The zero-order valence-corrected chi connectivity index (χ0v) is 17.8. The van der Waals surface area contributed by atoms with Gasteiger partial charge in [0.2, 0.25) is 10.0 Å². The number of hydrogen-bond donors (Lipinski definition) is 2. The van der Waals surface area contributed by atoms with E-state index in [1.54, 1.807) is 12.1 Å². The van der Waals surface area contributed by atoms with Gasteiger partial charge in [-0.3, -0.25) is 4.79 Å². The van der Waals surface area contributed by atoms with Crippen LogP contribution in [0.3, 0.4) is 0 Å². The summed E-state index contributed by atoms with van der Waals surface area (Å²) in [5, 5.41) is 8.65. The average Bonchev–Trinajstić information content (AvgIpc) is 2.67. The van der Waals surface area contributed by atoms with Crippen LogP contribution in [0.5, 0.6) is 0 Å². The lowest BCUT2D eigenvalue weighted by Crippen LogP contribution is -2.50. The summed E-state index contributed by atoms with van der Waals surface area (Å²) in [4.78, 5) is 10.9. The Morgan fingerprint density at radius 2 is 1.93 bits per heavy atom. The average molecular weight is 418 g/mol. The molecule has 0 spiro atoms. The van der Waals surface area contributed by atoms with Crippen LogP contribution in [0.1, 0.15) is 50.5 Å². The molecule has 4 atom stereocenters. The zero-order chi connectivity index (χ0) is 20.9. The Morgan fingerprint density at radius 1 is 1.17 bits per heavy atom. The predicted molar refractivity (Wildman–Crippen MR) is 114 cm³/mol. The Labute approximate surface area is 174 Å². The first-order valence-electron chi connectivity index (χ1n) is 10.5. The Kier molecular flexibility index (Phi) is 7.30. The zero-order valence-electron chi connectivity index (χ0n) is 17.0. The first-order chi connectivity index (χ1) is 13.8. The molecule has 2 N–H and O–H groups in total. The van der Waals surface area contributed by atoms with Gasteiger partial charge in [0.1, 0.15) is 0 Å². The number of sulfonamides is 1. The molecule has 5 nitrogen and oxygen atoms in total. The number of rotatable bonds is 9. The van der Waals surface area contributed by atoms with E-state index in [0.717, 1.165) is 31.2 Å². The van der Waals surface area contributed by atoms with E-state index in [2.05, 4.69) is 10.8 Å². The molecule has 3 saturated carbocycles. The summed E-state index contributed by atoms with van der Waals surface area (Å²) in [6.07, 6.45) is 14.1. The molecule has 1 aromatic carbocycles. The Hall–Kier alpha value is -1.92. The van der Waals surface area contributed by atoms with Crippen molar-refractivity contribution in [2.45, 2.75) is 62.8 Å². The van der Waals surface area contributed by atoms with Crippen LogP contribution in [0, 0.1) is 24.7 Å². The predicted octanol–water partition coefficient (Wildman–Crippen LogP) is 4.45. The van der Waals surface area contributed by atoms with Gasteiger partial charge in [0.15, 0.2) is 0 Å². The molecule has 1 aromatic rings. The third-order valence-corrected chi connectivity index (χ3v) is 7.68. The third kappa shape index (κ3) is 6.03. The summed E-state index contributed by atoms with van der Waals surface area (Å²) in [7, 11) is -3.50. The van der Waals surface area contributed by atoms with Gasteiger partial charge in [-0.2, -0.15) is 0 Å². The van der Waals surface area contributed by atoms with E-state index >= 15 is 0 Å². The van der Waals surface area contributed by atoms with Crippen LogP contribution in [-0.4, -0.2) is 25.5 Å². The highest BCUT2D eigenvalue weighted by molar-refractivity contribution is 7.89. The highest BCUT2D eigenvalue weighted by atomic mass is 32.2. The fraction of sp³-hybridized carbons (Fsp3) is 0.522. The minimum atomic E-state index is -3.50. The molecule has 0 saturated heterocycles. The van der Waals surface area contributed by atoms with E-state index in [9.17, 15) is 13.2 Å². The second kappa shape index (κ2) is 9.72. The standard InChI is InChI=1S/C23H31NO4S/c1-17-9-12-20(13-10-17)29(27,28)24-22-16-18-11-14-21(22)19(15-18)7-5-3-2-4-6-8-23(25)26/h2-3,5,7,9-10,12-13,18-19,21-22,24H,4,6,8,11,14-16H2,1H3,(H,25,26)/b3-2+,7-5+. The molecule has 4 unspecified atom stereocenters. The summed E-state index contributed by atoms with van der Waals surface area (Å²) in [6.45, 7) is 1.95. The lowest BCUT2D eigenvalue weighted by Gasteiger charge is -2.46. The van der Waals surface area contributed by atoms with Crippen molar-refractivity contribution >= 4 is 16.0 Å². The van der Waals surface area contributed by atoms with E-state index in [-0.39, 0.29) is 12.5 Å². The molecular formula is C23H31NO4S. The van der Waals surface area contributed by atoms with Gasteiger partial charge in [0.05, 0.1) is 4.90 Å². The molecule has 2 bridgehead atoms. The minimum Gasteiger partial charge on any atom is -0.481 e. The van der Waals surface area contributed by atoms with Gasteiger partial charge >= 0.3 is 5.97 Å². The number of carbonyl (C=O) groups is 1. The quantitative estimate of drug-likeness (QED) is 0.459. The SMILES string of the molecule is Cc1ccc(S(=O)(=O)NC2CC3CCC2C(/C=C/C=C/CCCC(=O)O)C3)cc1. The summed E-state index contributed by atoms with van der Waals surface area (Å²) in [5.74, 6) is 0.528. The van der Waals surface area contributed by atoms with Crippen LogP contribution in [0.15, 0.2) is 53.5 Å². The highest BCUT2D eigenvalue weighted by Gasteiger charge is 2.42. The molecule has 0 heterocycles. The van der Waals surface area contributed by atoms with Crippen LogP contribution in [0.4, 0.5) is 0 Å². The second-order valence-corrected chi connectivity index (χ2v) is 10.1. The number of aliphatic carboxylic acids is 1. The van der Waals surface area contributed by atoms with E-state index in [1.807, 2.05) is 37.3 Å². The van der Waals surface area contributed by atoms with Crippen molar-refractivity contribution < 1.29 is 18.3 Å². The normalized spacial score (nSPS) is 27.1. The third-order valence-electron chi connectivity index (χ3n) is 6.17. The molecule has 3 aliphatic rings. The fourth-order valence-corrected chi connectivity index (χ4v) is 5.96. The summed E-state index contributed by atoms with van der Waals surface area (Å²) >= 11 is 0. The molecule has 6 heteroatoms. The van der Waals surface area contributed by atoms with Crippen molar-refractivity contribution in [1.82, 2.24) is 4.72 Å². The second-order valence-electron chi connectivity index (χ2n) is 8.38. The Bertz CT molecular complexity index is 857. The van der Waals surface area contributed by atoms with Crippen molar-refractivity contribution in [1.29, 1.82) is 0 Å². The minimum absolute atomic E-state index is 0.0111. The number of nitrogens with one attached hydrogen (secondary N) is 1. The largest absolute Gasteiger partial charge is 0.481 e. The van der Waals surface area contributed by atoms with Gasteiger partial charge in [-0.05, 0) is 68.9 Å². The van der Waals surface area contributed by atoms with Crippen LogP contribution < -0.4 is 4.72 Å². The summed E-state index contributed by atoms with van der Waals surface area (Å²) in [6, 6.07) is 6.99. The van der Waals surface area contributed by atoms with E-state index in [4.69, 9.17) is 5.11 Å². The van der Waals surface area contributed by atoms with Crippen molar-refractivity contribution in [3.8, 4) is 0 Å². The van der Waals surface area contributed by atoms with Crippen molar-refractivity contribution in [2.75, 3.05) is 0 Å². The number of fused-ring (bicyclic) bond motifs is 3. The molecule has 4 rings (SSSR count). The number of hydrogen-bond acceptors (Lipinski definition) is 3. The number of aryl methyl sites for hydroxylation is 1. The van der Waals surface area contributed by atoms with Crippen molar-refractivity contribution in [3.63, 3.8) is 0 Å². The summed E-state index contributed by atoms with van der Waals surface area (Å²) in [5.41, 5.74) is 1.04. The van der Waals surface area contributed by atoms with Crippen LogP contribution >= 0.6 is 0 Å². The molecule has 0 radical (unpaired) electrons. The molecular weight excluding hydrogens is 386 g/mol. The van der Waals surface area contributed by atoms with Crippen LogP contribution in [-0.2, 0) is 14.8 Å². The molecule has 3 aliphatic carbocycles. The Morgan fingerprint density at radius 3 is 2.62 bits per heavy atom. The number of unbranched alkanes of at least 4 members (excludes halogenated alkanes) is 1. The molecule has 29 heavy (non-hydrogen) atoms. The highest BCUT2D eigenvalue weighted by Crippen LogP contribution is 2.46. The maximum absolute atomic E-state index is 12.8. The Balaban J connectivity index is 1.59. The van der Waals surface area contributed by atoms with Crippen molar-refractivity contribution in [2.24, 2.45) is 17.8 Å². The topological polar surface area (TPSA) is 83.5 Å². The van der Waals surface area contributed by atoms with Gasteiger partial charge in [-0.1, -0.05) is 48.4 Å².